The van der Waals surface area contributed by atoms with Gasteiger partial charge in [-0.05, 0) is 19.1 Å². The molecule has 0 aliphatic carbocycles. The Bertz CT molecular complexity index is 583. The number of rotatable bonds is 3. The Labute approximate surface area is 113 Å². The second kappa shape index (κ2) is 5.37. The van der Waals surface area contributed by atoms with Gasteiger partial charge in [-0.1, -0.05) is 17.7 Å². The number of aryl methyl sites for hydroxylation is 1. The van der Waals surface area contributed by atoms with Gasteiger partial charge in [-0.15, -0.1) is 11.3 Å². The fourth-order valence-corrected chi connectivity index (χ4v) is 2.25. The first kappa shape index (κ1) is 12.9. The summed E-state index contributed by atoms with van der Waals surface area (Å²) in [5.41, 5.74) is 7.13. The lowest BCUT2D eigenvalue weighted by Gasteiger charge is -2.06. The number of nitrogens with zero attached hydrogens (tertiary/aromatic N) is 1. The molecule has 0 saturated carbocycles. The summed E-state index contributed by atoms with van der Waals surface area (Å²) in [5, 5.41) is 2.99. The van der Waals surface area contributed by atoms with Gasteiger partial charge in [0, 0.05) is 11.1 Å². The Kier molecular flexibility index (Phi) is 3.84. The average molecular weight is 283 g/mol. The van der Waals surface area contributed by atoms with E-state index in [4.69, 9.17) is 22.1 Å². The van der Waals surface area contributed by atoms with Crippen LogP contribution in [0.25, 0.3) is 0 Å². The summed E-state index contributed by atoms with van der Waals surface area (Å²) in [6, 6.07) is 4.86. The van der Waals surface area contributed by atoms with Crippen LogP contribution in [-0.4, -0.2) is 11.0 Å². The molecule has 4 nitrogen and oxygen atoms in total. The summed E-state index contributed by atoms with van der Waals surface area (Å²) in [6.07, 6.45) is 0. The highest BCUT2D eigenvalue weighted by molar-refractivity contribution is 7.09. The average Bonchev–Trinajstić information content (AvgIpc) is 2.76. The molecule has 0 amide bonds. The summed E-state index contributed by atoms with van der Waals surface area (Å²) in [4.78, 5) is 16.0. The van der Waals surface area contributed by atoms with Gasteiger partial charge in [-0.3, -0.25) is 0 Å². The minimum Gasteiger partial charge on any atom is -0.455 e. The smallest absolute Gasteiger partial charge is 0.340 e. The predicted octanol–water partition coefficient (Wildman–Crippen LogP) is 3.04. The van der Waals surface area contributed by atoms with Gasteiger partial charge in [0.25, 0.3) is 0 Å². The van der Waals surface area contributed by atoms with Crippen LogP contribution in [0.3, 0.4) is 0 Å². The van der Waals surface area contributed by atoms with E-state index in [1.807, 2.05) is 12.3 Å². The third kappa shape index (κ3) is 2.80. The fraction of sp³-hybridized carbons (Fsp3) is 0.167. The van der Waals surface area contributed by atoms with Gasteiger partial charge in [0.05, 0.1) is 16.3 Å². The number of carbonyl (C=O) groups excluding carboxylic acids is 1. The molecule has 0 spiro atoms. The molecule has 2 rings (SSSR count). The summed E-state index contributed by atoms with van der Waals surface area (Å²) >= 11 is 7.28. The largest absolute Gasteiger partial charge is 0.455 e. The third-order valence-corrected chi connectivity index (χ3v) is 3.54. The van der Waals surface area contributed by atoms with E-state index in [0.29, 0.717) is 5.02 Å². The van der Waals surface area contributed by atoms with Crippen molar-refractivity contribution in [3.05, 3.63) is 44.9 Å². The summed E-state index contributed by atoms with van der Waals surface area (Å²) < 4.78 is 5.13. The third-order valence-electron chi connectivity index (χ3n) is 2.27. The van der Waals surface area contributed by atoms with Crippen LogP contribution in [0.5, 0.6) is 0 Å². The number of carbonyl (C=O) groups is 1. The van der Waals surface area contributed by atoms with Crippen molar-refractivity contribution >= 4 is 34.6 Å². The highest BCUT2D eigenvalue weighted by Crippen LogP contribution is 2.23. The van der Waals surface area contributed by atoms with Crippen molar-refractivity contribution in [3.8, 4) is 0 Å². The molecule has 0 radical (unpaired) electrons. The molecule has 6 heteroatoms. The molecule has 0 aliphatic heterocycles. The number of anilines is 1. The number of ether oxygens (including phenoxy) is 1. The van der Waals surface area contributed by atoms with Crippen molar-refractivity contribution in [2.75, 3.05) is 5.73 Å². The number of hydrogen-bond acceptors (Lipinski definition) is 5. The second-order valence-electron chi connectivity index (χ2n) is 3.66. The van der Waals surface area contributed by atoms with Crippen LogP contribution in [-0.2, 0) is 11.3 Å². The Morgan fingerprint density at radius 2 is 2.33 bits per heavy atom. The highest BCUT2D eigenvalue weighted by Gasteiger charge is 2.13. The highest BCUT2D eigenvalue weighted by atomic mass is 35.5. The Hall–Kier alpha value is -1.59. The number of benzene rings is 1. The molecule has 0 unspecified atom stereocenters. The first-order valence-electron chi connectivity index (χ1n) is 5.20. The van der Waals surface area contributed by atoms with Gasteiger partial charge in [0.1, 0.15) is 11.6 Å². The fourth-order valence-electron chi connectivity index (χ4n) is 1.39. The standard InChI is InChI=1S/C12H11ClN2O2S/c1-7-6-18-10(15-7)5-17-12(16)8-3-2-4-9(13)11(8)14/h2-4,6H,5,14H2,1H3. The van der Waals surface area contributed by atoms with Gasteiger partial charge in [-0.25, -0.2) is 9.78 Å². The summed E-state index contributed by atoms with van der Waals surface area (Å²) in [5.74, 6) is -0.497. The maximum Gasteiger partial charge on any atom is 0.340 e. The molecular formula is C12H11ClN2O2S. The zero-order valence-corrected chi connectivity index (χ0v) is 11.2. The first-order chi connectivity index (χ1) is 8.58. The molecule has 2 N–H and O–H groups in total. The number of para-hydroxylation sites is 1. The molecule has 1 aromatic heterocycles. The van der Waals surface area contributed by atoms with Crippen LogP contribution in [0.2, 0.25) is 5.02 Å². The van der Waals surface area contributed by atoms with E-state index in [9.17, 15) is 4.79 Å². The van der Waals surface area contributed by atoms with Crippen molar-refractivity contribution in [2.45, 2.75) is 13.5 Å². The first-order valence-corrected chi connectivity index (χ1v) is 6.46. The molecule has 0 saturated heterocycles. The van der Waals surface area contributed by atoms with Crippen LogP contribution < -0.4 is 5.73 Å². The van der Waals surface area contributed by atoms with Crippen molar-refractivity contribution in [2.24, 2.45) is 0 Å². The number of nitrogens with two attached hydrogens (primary N) is 1. The molecule has 1 heterocycles. The van der Waals surface area contributed by atoms with Crippen molar-refractivity contribution < 1.29 is 9.53 Å². The quantitative estimate of drug-likeness (QED) is 0.694. The maximum atomic E-state index is 11.8. The zero-order chi connectivity index (χ0) is 13.1. The predicted molar refractivity (Wildman–Crippen MR) is 71.8 cm³/mol. The van der Waals surface area contributed by atoms with Crippen LogP contribution in [0.4, 0.5) is 5.69 Å². The second-order valence-corrected chi connectivity index (χ2v) is 5.01. The van der Waals surface area contributed by atoms with E-state index < -0.39 is 5.97 Å². The van der Waals surface area contributed by atoms with Crippen molar-refractivity contribution in [3.63, 3.8) is 0 Å². The zero-order valence-electron chi connectivity index (χ0n) is 9.64. The molecule has 0 fully saturated rings. The summed E-state index contributed by atoms with van der Waals surface area (Å²) in [6.45, 7) is 2.03. The number of nitrogen functional groups attached to an aromatic ring is 1. The van der Waals surface area contributed by atoms with Crippen LogP contribution in [0.15, 0.2) is 23.6 Å². The lowest BCUT2D eigenvalue weighted by Crippen LogP contribution is -2.08. The number of hydrogen-bond donors (Lipinski definition) is 1. The molecule has 0 bridgehead atoms. The van der Waals surface area contributed by atoms with Crippen molar-refractivity contribution in [1.82, 2.24) is 4.98 Å². The number of halogens is 1. The normalized spacial score (nSPS) is 10.3. The lowest BCUT2D eigenvalue weighted by molar-refractivity contribution is 0.0473. The topological polar surface area (TPSA) is 65.2 Å². The van der Waals surface area contributed by atoms with E-state index in [-0.39, 0.29) is 17.9 Å². The number of esters is 1. The SMILES string of the molecule is Cc1csc(COC(=O)c2cccc(Cl)c2N)n1. The van der Waals surface area contributed by atoms with E-state index in [0.717, 1.165) is 10.7 Å². The van der Waals surface area contributed by atoms with Crippen LogP contribution >= 0.6 is 22.9 Å². The van der Waals surface area contributed by atoms with Gasteiger partial charge in [-0.2, -0.15) is 0 Å². The number of thiazole rings is 1. The Morgan fingerprint density at radius 3 is 3.00 bits per heavy atom. The van der Waals surface area contributed by atoms with Gasteiger partial charge >= 0.3 is 5.97 Å². The van der Waals surface area contributed by atoms with Gasteiger partial charge < -0.3 is 10.5 Å². The molecule has 0 atom stereocenters. The Balaban J connectivity index is 2.06. The van der Waals surface area contributed by atoms with Crippen LogP contribution in [0, 0.1) is 6.92 Å². The molecule has 1 aromatic carbocycles. The minimum absolute atomic E-state index is 0.142. The van der Waals surface area contributed by atoms with Crippen LogP contribution in [0.1, 0.15) is 21.1 Å². The minimum atomic E-state index is -0.497. The molecule has 0 aliphatic rings. The maximum absolute atomic E-state index is 11.8. The molecule has 18 heavy (non-hydrogen) atoms. The van der Waals surface area contributed by atoms with Gasteiger partial charge in [0.15, 0.2) is 0 Å². The Morgan fingerprint density at radius 1 is 1.56 bits per heavy atom. The monoisotopic (exact) mass is 282 g/mol. The van der Waals surface area contributed by atoms with E-state index in [2.05, 4.69) is 4.98 Å². The van der Waals surface area contributed by atoms with E-state index in [1.165, 1.54) is 11.3 Å². The molecule has 94 valence electrons. The van der Waals surface area contributed by atoms with E-state index in [1.54, 1.807) is 18.2 Å². The van der Waals surface area contributed by atoms with Crippen molar-refractivity contribution in [1.29, 1.82) is 0 Å². The molecular weight excluding hydrogens is 272 g/mol. The van der Waals surface area contributed by atoms with Gasteiger partial charge in [0.2, 0.25) is 0 Å². The van der Waals surface area contributed by atoms with E-state index >= 15 is 0 Å². The molecule has 2 aromatic rings. The lowest BCUT2D eigenvalue weighted by atomic mass is 10.2. The summed E-state index contributed by atoms with van der Waals surface area (Å²) in [7, 11) is 0. The number of aromatic nitrogens is 1.